The lowest BCUT2D eigenvalue weighted by atomic mass is 10.1. The number of methoxy groups -OCH3 is 2. The van der Waals surface area contributed by atoms with E-state index in [0.717, 1.165) is 17.9 Å². The second kappa shape index (κ2) is 7.02. The van der Waals surface area contributed by atoms with Crippen molar-refractivity contribution in [2.45, 2.75) is 20.3 Å². The molecule has 0 saturated carbocycles. The molecule has 0 aliphatic carbocycles. The molecule has 4 nitrogen and oxygen atoms in total. The van der Waals surface area contributed by atoms with Gasteiger partial charge in [0.2, 0.25) is 5.91 Å². The molecule has 0 saturated heterocycles. The second-order valence-electron chi connectivity index (χ2n) is 5.02. The molecule has 1 amide bonds. The molecular formula is C15H23NO3. The van der Waals surface area contributed by atoms with Gasteiger partial charge in [-0.05, 0) is 24.1 Å². The van der Waals surface area contributed by atoms with Gasteiger partial charge in [-0.1, -0.05) is 13.8 Å². The van der Waals surface area contributed by atoms with E-state index < -0.39 is 0 Å². The third-order valence-electron chi connectivity index (χ3n) is 2.89. The van der Waals surface area contributed by atoms with E-state index in [0.29, 0.717) is 18.1 Å². The van der Waals surface area contributed by atoms with Crippen LogP contribution in [0.5, 0.6) is 11.5 Å². The summed E-state index contributed by atoms with van der Waals surface area (Å²) in [6.07, 6.45) is 0.323. The molecule has 0 bridgehead atoms. The summed E-state index contributed by atoms with van der Waals surface area (Å²) in [6, 6.07) is 5.49. The Hall–Kier alpha value is -1.71. The van der Waals surface area contributed by atoms with E-state index in [1.807, 2.05) is 25.2 Å². The van der Waals surface area contributed by atoms with Crippen LogP contribution in [0.4, 0.5) is 0 Å². The number of carbonyl (C=O) groups is 1. The molecule has 19 heavy (non-hydrogen) atoms. The van der Waals surface area contributed by atoms with Gasteiger partial charge in [0.25, 0.3) is 0 Å². The van der Waals surface area contributed by atoms with Crippen LogP contribution in [0.1, 0.15) is 19.4 Å². The van der Waals surface area contributed by atoms with Crippen LogP contribution in [-0.2, 0) is 11.2 Å². The van der Waals surface area contributed by atoms with Crippen molar-refractivity contribution >= 4 is 5.91 Å². The van der Waals surface area contributed by atoms with E-state index >= 15 is 0 Å². The summed E-state index contributed by atoms with van der Waals surface area (Å²) in [5.41, 5.74) is 0.849. The first-order valence-electron chi connectivity index (χ1n) is 6.42. The molecule has 0 radical (unpaired) electrons. The Balaban J connectivity index is 2.82. The molecule has 0 atom stereocenters. The van der Waals surface area contributed by atoms with Gasteiger partial charge in [0.1, 0.15) is 11.5 Å². The van der Waals surface area contributed by atoms with Crippen LogP contribution in [0.3, 0.4) is 0 Å². The maximum Gasteiger partial charge on any atom is 0.226 e. The standard InChI is InChI=1S/C15H23NO3/c1-11(2)10-16(3)15(17)9-12-8-13(18-4)6-7-14(12)19-5/h6-8,11H,9-10H2,1-5H3. The fraction of sp³-hybridized carbons (Fsp3) is 0.533. The van der Waals surface area contributed by atoms with Gasteiger partial charge in [0, 0.05) is 19.2 Å². The fourth-order valence-electron chi connectivity index (χ4n) is 1.97. The van der Waals surface area contributed by atoms with Crippen molar-refractivity contribution in [2.24, 2.45) is 5.92 Å². The number of nitrogens with zero attached hydrogens (tertiary/aromatic N) is 1. The summed E-state index contributed by atoms with van der Waals surface area (Å²) in [5.74, 6) is 1.99. The molecule has 0 N–H and O–H groups in total. The third kappa shape index (κ3) is 4.47. The van der Waals surface area contributed by atoms with Gasteiger partial charge in [-0.15, -0.1) is 0 Å². The average Bonchev–Trinajstić information content (AvgIpc) is 2.37. The van der Waals surface area contributed by atoms with Crippen LogP contribution >= 0.6 is 0 Å². The smallest absolute Gasteiger partial charge is 0.226 e. The number of rotatable bonds is 6. The molecule has 0 unspecified atom stereocenters. The highest BCUT2D eigenvalue weighted by Gasteiger charge is 2.14. The number of carbonyl (C=O) groups excluding carboxylic acids is 1. The van der Waals surface area contributed by atoms with Crippen LogP contribution in [0, 0.1) is 5.92 Å². The normalized spacial score (nSPS) is 10.4. The van der Waals surface area contributed by atoms with E-state index in [4.69, 9.17) is 9.47 Å². The predicted octanol–water partition coefficient (Wildman–Crippen LogP) is 2.36. The largest absolute Gasteiger partial charge is 0.497 e. The second-order valence-corrected chi connectivity index (χ2v) is 5.02. The maximum atomic E-state index is 12.1. The zero-order chi connectivity index (χ0) is 14.4. The zero-order valence-electron chi connectivity index (χ0n) is 12.4. The minimum Gasteiger partial charge on any atom is -0.497 e. The monoisotopic (exact) mass is 265 g/mol. The van der Waals surface area contributed by atoms with Gasteiger partial charge in [0.05, 0.1) is 20.6 Å². The lowest BCUT2D eigenvalue weighted by molar-refractivity contribution is -0.129. The number of hydrogen-bond acceptors (Lipinski definition) is 3. The van der Waals surface area contributed by atoms with Crippen LogP contribution < -0.4 is 9.47 Å². The summed E-state index contributed by atoms with van der Waals surface area (Å²) in [7, 11) is 5.04. The summed E-state index contributed by atoms with van der Waals surface area (Å²) >= 11 is 0. The van der Waals surface area contributed by atoms with Gasteiger partial charge in [-0.3, -0.25) is 4.79 Å². The molecule has 0 heterocycles. The molecule has 0 aliphatic heterocycles. The minimum absolute atomic E-state index is 0.0836. The van der Waals surface area contributed by atoms with Gasteiger partial charge in [-0.25, -0.2) is 0 Å². The summed E-state index contributed by atoms with van der Waals surface area (Å²) < 4.78 is 10.5. The molecule has 0 aromatic heterocycles. The van der Waals surface area contributed by atoms with Crippen molar-refractivity contribution < 1.29 is 14.3 Å². The molecule has 0 aliphatic rings. The first-order valence-corrected chi connectivity index (χ1v) is 6.42. The summed E-state index contributed by atoms with van der Waals surface area (Å²) in [5, 5.41) is 0. The molecule has 0 spiro atoms. The lowest BCUT2D eigenvalue weighted by Crippen LogP contribution is -2.31. The molecule has 0 fully saturated rings. The molecule has 1 aromatic rings. The summed E-state index contributed by atoms with van der Waals surface area (Å²) in [6.45, 7) is 4.94. The van der Waals surface area contributed by atoms with Crippen molar-refractivity contribution in [3.8, 4) is 11.5 Å². The zero-order valence-corrected chi connectivity index (χ0v) is 12.4. The van der Waals surface area contributed by atoms with E-state index in [9.17, 15) is 4.79 Å². The first-order chi connectivity index (χ1) is 8.97. The Bertz CT molecular complexity index is 429. The Morgan fingerprint density at radius 3 is 2.47 bits per heavy atom. The minimum atomic E-state index is 0.0836. The van der Waals surface area contributed by atoms with Crippen molar-refractivity contribution in [1.29, 1.82) is 0 Å². The van der Waals surface area contributed by atoms with Crippen LogP contribution in [-0.4, -0.2) is 38.6 Å². The topological polar surface area (TPSA) is 38.8 Å². The van der Waals surface area contributed by atoms with Crippen molar-refractivity contribution in [3.63, 3.8) is 0 Å². The van der Waals surface area contributed by atoms with Crippen LogP contribution in [0.15, 0.2) is 18.2 Å². The Kier molecular flexibility index (Phi) is 5.67. The predicted molar refractivity (Wildman–Crippen MR) is 75.7 cm³/mol. The van der Waals surface area contributed by atoms with Gasteiger partial charge in [-0.2, -0.15) is 0 Å². The molecule has 1 rings (SSSR count). The number of ether oxygens (including phenoxy) is 2. The molecule has 1 aromatic carbocycles. The lowest BCUT2D eigenvalue weighted by Gasteiger charge is -2.20. The number of hydrogen-bond donors (Lipinski definition) is 0. The van der Waals surface area contributed by atoms with E-state index in [2.05, 4.69) is 13.8 Å². The Morgan fingerprint density at radius 2 is 1.95 bits per heavy atom. The van der Waals surface area contributed by atoms with Crippen molar-refractivity contribution in [2.75, 3.05) is 27.8 Å². The van der Waals surface area contributed by atoms with Gasteiger partial charge >= 0.3 is 0 Å². The number of amides is 1. The first kappa shape index (κ1) is 15.3. The van der Waals surface area contributed by atoms with Crippen LogP contribution in [0.2, 0.25) is 0 Å². The van der Waals surface area contributed by atoms with Gasteiger partial charge < -0.3 is 14.4 Å². The van der Waals surface area contributed by atoms with Gasteiger partial charge in [0.15, 0.2) is 0 Å². The fourth-order valence-corrected chi connectivity index (χ4v) is 1.97. The molecular weight excluding hydrogens is 242 g/mol. The van der Waals surface area contributed by atoms with Crippen molar-refractivity contribution in [3.05, 3.63) is 23.8 Å². The average molecular weight is 265 g/mol. The number of benzene rings is 1. The van der Waals surface area contributed by atoms with Crippen LogP contribution in [0.25, 0.3) is 0 Å². The SMILES string of the molecule is COc1ccc(OC)c(CC(=O)N(C)CC(C)C)c1. The summed E-state index contributed by atoms with van der Waals surface area (Å²) in [4.78, 5) is 13.9. The third-order valence-corrected chi connectivity index (χ3v) is 2.89. The highest BCUT2D eigenvalue weighted by molar-refractivity contribution is 5.79. The van der Waals surface area contributed by atoms with E-state index in [1.54, 1.807) is 19.1 Å². The Morgan fingerprint density at radius 1 is 1.26 bits per heavy atom. The molecule has 106 valence electrons. The quantitative estimate of drug-likeness (QED) is 0.792. The van der Waals surface area contributed by atoms with E-state index in [-0.39, 0.29) is 5.91 Å². The number of likely N-dealkylation sites (N-methyl/N-ethyl adjacent to an activating group) is 1. The van der Waals surface area contributed by atoms with E-state index in [1.165, 1.54) is 0 Å². The molecule has 4 heteroatoms. The van der Waals surface area contributed by atoms with Crippen molar-refractivity contribution in [1.82, 2.24) is 4.90 Å². The highest BCUT2D eigenvalue weighted by atomic mass is 16.5. The highest BCUT2D eigenvalue weighted by Crippen LogP contribution is 2.24. The maximum absolute atomic E-state index is 12.1. The Labute approximate surface area is 115 Å².